The highest BCUT2D eigenvalue weighted by Crippen LogP contribution is 2.07. The van der Waals surface area contributed by atoms with Gasteiger partial charge in [-0.05, 0) is 12.1 Å². The number of aliphatic hydroxyl groups is 1. The van der Waals surface area contributed by atoms with Crippen LogP contribution in [0.25, 0.3) is 5.65 Å². The summed E-state index contributed by atoms with van der Waals surface area (Å²) in [6.45, 7) is 0.567. The van der Waals surface area contributed by atoms with E-state index in [1.54, 1.807) is 6.20 Å². The fourth-order valence-electron chi connectivity index (χ4n) is 1.87. The summed E-state index contributed by atoms with van der Waals surface area (Å²) < 4.78 is 3.87. The van der Waals surface area contributed by atoms with Gasteiger partial charge in [-0.1, -0.05) is 6.07 Å². The largest absolute Gasteiger partial charge is 0.388 e. The van der Waals surface area contributed by atoms with E-state index < -0.39 is 0 Å². The van der Waals surface area contributed by atoms with Gasteiger partial charge >= 0.3 is 0 Å². The summed E-state index contributed by atoms with van der Waals surface area (Å²) in [5, 5.41) is 9.12. The fourth-order valence-corrected chi connectivity index (χ4v) is 1.87. The summed E-state index contributed by atoms with van der Waals surface area (Å²) >= 11 is 0. The molecule has 1 N–H and O–H groups in total. The smallest absolute Gasteiger partial charge is 0.137 e. The second kappa shape index (κ2) is 4.03. The van der Waals surface area contributed by atoms with E-state index >= 15 is 0 Å². The molecule has 0 unspecified atom stereocenters. The molecule has 0 amide bonds. The van der Waals surface area contributed by atoms with Gasteiger partial charge < -0.3 is 14.1 Å². The van der Waals surface area contributed by atoms with Gasteiger partial charge in [-0.2, -0.15) is 0 Å². The molecule has 0 spiro atoms. The maximum Gasteiger partial charge on any atom is 0.137 e. The number of imidazole rings is 2. The monoisotopic (exact) mass is 228 g/mol. The zero-order valence-electron chi connectivity index (χ0n) is 9.19. The van der Waals surface area contributed by atoms with Crippen molar-refractivity contribution in [2.24, 2.45) is 0 Å². The predicted molar refractivity (Wildman–Crippen MR) is 62.4 cm³/mol. The highest BCUT2D eigenvalue weighted by molar-refractivity contribution is 5.39. The fraction of sp³-hybridized carbons (Fsp3) is 0.167. The Morgan fingerprint density at radius 3 is 3.00 bits per heavy atom. The van der Waals surface area contributed by atoms with Crippen LogP contribution in [-0.4, -0.2) is 24.0 Å². The Bertz CT molecular complexity index is 608. The maximum atomic E-state index is 9.12. The van der Waals surface area contributed by atoms with Gasteiger partial charge in [0, 0.05) is 24.8 Å². The van der Waals surface area contributed by atoms with Crippen molar-refractivity contribution in [3.05, 3.63) is 54.5 Å². The van der Waals surface area contributed by atoms with Crippen LogP contribution in [0.2, 0.25) is 0 Å². The molecule has 86 valence electrons. The molecule has 0 aromatic carbocycles. The van der Waals surface area contributed by atoms with E-state index in [0.29, 0.717) is 12.4 Å². The molecule has 5 nitrogen and oxygen atoms in total. The molecule has 0 radical (unpaired) electrons. The lowest BCUT2D eigenvalue weighted by molar-refractivity contribution is 0.266. The third-order valence-electron chi connectivity index (χ3n) is 2.69. The van der Waals surface area contributed by atoms with Gasteiger partial charge in [0.15, 0.2) is 0 Å². The van der Waals surface area contributed by atoms with Crippen LogP contribution < -0.4 is 0 Å². The lowest BCUT2D eigenvalue weighted by atomic mass is 10.4. The number of hydrogen-bond donors (Lipinski definition) is 1. The van der Waals surface area contributed by atoms with Crippen LogP contribution in [0.1, 0.15) is 11.5 Å². The molecule has 3 aromatic heterocycles. The predicted octanol–water partition coefficient (Wildman–Crippen LogP) is 1.07. The van der Waals surface area contributed by atoms with Crippen LogP contribution in [0.15, 0.2) is 43.0 Å². The van der Waals surface area contributed by atoms with Crippen molar-refractivity contribution in [3.8, 4) is 0 Å². The van der Waals surface area contributed by atoms with Crippen molar-refractivity contribution in [3.63, 3.8) is 0 Å². The molecule has 3 rings (SSSR count). The van der Waals surface area contributed by atoms with Gasteiger partial charge in [-0.15, -0.1) is 0 Å². The quantitative estimate of drug-likeness (QED) is 0.729. The van der Waals surface area contributed by atoms with Gasteiger partial charge in [0.25, 0.3) is 0 Å². The van der Waals surface area contributed by atoms with Crippen molar-refractivity contribution in [2.75, 3.05) is 0 Å². The van der Waals surface area contributed by atoms with Gasteiger partial charge in [0.05, 0.1) is 12.2 Å². The zero-order chi connectivity index (χ0) is 11.7. The van der Waals surface area contributed by atoms with Crippen molar-refractivity contribution in [1.29, 1.82) is 0 Å². The topological polar surface area (TPSA) is 55.4 Å². The molecule has 17 heavy (non-hydrogen) atoms. The molecule has 0 fully saturated rings. The number of pyridine rings is 1. The van der Waals surface area contributed by atoms with Crippen molar-refractivity contribution in [1.82, 2.24) is 18.9 Å². The summed E-state index contributed by atoms with van der Waals surface area (Å²) in [5.74, 6) is 0.655. The molecule has 0 saturated carbocycles. The van der Waals surface area contributed by atoms with Crippen LogP contribution in [0, 0.1) is 0 Å². The first-order valence-electron chi connectivity index (χ1n) is 5.40. The highest BCUT2D eigenvalue weighted by atomic mass is 16.3. The normalized spacial score (nSPS) is 11.1. The number of hydrogen-bond acceptors (Lipinski definition) is 3. The molecular weight excluding hydrogens is 216 g/mol. The maximum absolute atomic E-state index is 9.12. The number of aliphatic hydroxyl groups excluding tert-OH is 1. The number of nitrogens with zero attached hydrogens (tertiary/aromatic N) is 4. The second-order valence-electron chi connectivity index (χ2n) is 3.83. The van der Waals surface area contributed by atoms with Crippen molar-refractivity contribution < 1.29 is 5.11 Å². The Balaban J connectivity index is 1.94. The van der Waals surface area contributed by atoms with Gasteiger partial charge in [-0.3, -0.25) is 0 Å². The molecule has 0 atom stereocenters. The van der Waals surface area contributed by atoms with E-state index in [-0.39, 0.29) is 6.61 Å². The average Bonchev–Trinajstić information content (AvgIpc) is 2.94. The second-order valence-corrected chi connectivity index (χ2v) is 3.83. The minimum atomic E-state index is -0.0552. The Kier molecular flexibility index (Phi) is 2.38. The van der Waals surface area contributed by atoms with E-state index in [1.165, 1.54) is 0 Å². The Morgan fingerprint density at radius 2 is 2.18 bits per heavy atom. The van der Waals surface area contributed by atoms with Gasteiger partial charge in [-0.25, -0.2) is 9.97 Å². The lowest BCUT2D eigenvalue weighted by Gasteiger charge is -2.02. The Labute approximate surface area is 98.0 Å². The summed E-state index contributed by atoms with van der Waals surface area (Å²) in [7, 11) is 0. The van der Waals surface area contributed by atoms with E-state index in [4.69, 9.17) is 5.11 Å². The Hall–Kier alpha value is -2.14. The molecule has 0 aliphatic heterocycles. The molecule has 0 saturated heterocycles. The highest BCUT2D eigenvalue weighted by Gasteiger charge is 2.05. The van der Waals surface area contributed by atoms with Crippen LogP contribution in [0.5, 0.6) is 0 Å². The number of aromatic nitrogens is 4. The van der Waals surface area contributed by atoms with Crippen LogP contribution >= 0.6 is 0 Å². The molecule has 3 aromatic rings. The van der Waals surface area contributed by atoms with Gasteiger partial charge in [0.1, 0.15) is 18.1 Å². The van der Waals surface area contributed by atoms with E-state index in [1.807, 2.05) is 45.8 Å². The molecule has 5 heteroatoms. The van der Waals surface area contributed by atoms with Crippen molar-refractivity contribution >= 4 is 5.65 Å². The zero-order valence-corrected chi connectivity index (χ0v) is 9.19. The molecule has 3 heterocycles. The Morgan fingerprint density at radius 1 is 1.24 bits per heavy atom. The first-order valence-corrected chi connectivity index (χ1v) is 5.40. The molecular formula is C12H12N4O. The third-order valence-corrected chi connectivity index (χ3v) is 2.69. The summed E-state index contributed by atoms with van der Waals surface area (Å²) in [4.78, 5) is 8.56. The standard InChI is InChI=1S/C12H12N4O/c17-9-12-13-4-6-16(12)8-10-7-15-5-2-1-3-11(15)14-10/h1-7,17H,8-9H2. The number of rotatable bonds is 3. The molecule has 0 aliphatic carbocycles. The SMILES string of the molecule is OCc1nccn1Cc1cn2ccccc2n1. The van der Waals surface area contributed by atoms with Crippen LogP contribution in [-0.2, 0) is 13.2 Å². The summed E-state index contributed by atoms with van der Waals surface area (Å²) in [6.07, 6.45) is 7.47. The minimum Gasteiger partial charge on any atom is -0.388 e. The average molecular weight is 228 g/mol. The first kappa shape index (κ1) is 10.0. The first-order chi connectivity index (χ1) is 8.36. The lowest BCUT2D eigenvalue weighted by Crippen LogP contribution is -2.04. The van der Waals surface area contributed by atoms with E-state index in [9.17, 15) is 0 Å². The third kappa shape index (κ3) is 1.81. The minimum absolute atomic E-state index is 0.0552. The van der Waals surface area contributed by atoms with E-state index in [2.05, 4.69) is 9.97 Å². The summed E-state index contributed by atoms with van der Waals surface area (Å²) in [5.41, 5.74) is 1.87. The van der Waals surface area contributed by atoms with Gasteiger partial charge in [0.2, 0.25) is 0 Å². The van der Waals surface area contributed by atoms with Crippen molar-refractivity contribution in [2.45, 2.75) is 13.2 Å². The van der Waals surface area contributed by atoms with E-state index in [0.717, 1.165) is 11.3 Å². The van der Waals surface area contributed by atoms with Crippen LogP contribution in [0.4, 0.5) is 0 Å². The molecule has 0 bridgehead atoms. The van der Waals surface area contributed by atoms with Crippen LogP contribution in [0.3, 0.4) is 0 Å². The number of fused-ring (bicyclic) bond motifs is 1. The summed E-state index contributed by atoms with van der Waals surface area (Å²) in [6, 6.07) is 5.89. The molecule has 0 aliphatic rings.